The Kier molecular flexibility index (Phi) is 6.48. The van der Waals surface area contributed by atoms with E-state index in [1.807, 2.05) is 6.07 Å². The second-order valence-corrected chi connectivity index (χ2v) is 6.73. The minimum Gasteiger partial charge on any atom is -0.486 e. The third-order valence-electron chi connectivity index (χ3n) is 4.61. The van der Waals surface area contributed by atoms with Crippen molar-refractivity contribution in [3.8, 4) is 11.8 Å². The van der Waals surface area contributed by atoms with E-state index in [4.69, 9.17) is 24.4 Å². The van der Waals surface area contributed by atoms with Gasteiger partial charge in [0.25, 0.3) is 0 Å². The first-order valence-corrected chi connectivity index (χ1v) is 9.49. The van der Waals surface area contributed by atoms with Crippen LogP contribution < -0.4 is 10.5 Å². The number of ether oxygens (including phenoxy) is 3. The standard InChI is InChI=1S/C22H19F3N2O5/c1-3-29-21(28)18-12(2)31-20(27)16(10-26)19(18)17-8-7-15(32-17)11-30-14-6-4-5-13(9-14)22(23,24)25/h4-9,19H,3,11,27H2,1-2H3/t19-/m1/s1. The molecule has 0 saturated carbocycles. The van der Waals surface area contributed by atoms with Crippen molar-refractivity contribution >= 4 is 5.97 Å². The maximum atomic E-state index is 12.9. The van der Waals surface area contributed by atoms with Gasteiger partial charge < -0.3 is 24.4 Å². The number of benzene rings is 1. The number of allylic oxidation sites excluding steroid dienone is 2. The summed E-state index contributed by atoms with van der Waals surface area (Å²) in [5, 5.41) is 9.56. The highest BCUT2D eigenvalue weighted by molar-refractivity contribution is 5.92. The van der Waals surface area contributed by atoms with Crippen LogP contribution in [0.25, 0.3) is 0 Å². The van der Waals surface area contributed by atoms with Crippen LogP contribution in [0.1, 0.15) is 36.8 Å². The SMILES string of the molecule is CCOC(=O)C1=C(C)OC(N)=C(C#N)[C@@H]1c1ccc(COc2cccc(C(F)(F)F)c2)o1. The van der Waals surface area contributed by atoms with Crippen molar-refractivity contribution in [3.05, 3.63) is 76.3 Å². The lowest BCUT2D eigenvalue weighted by Crippen LogP contribution is -2.25. The van der Waals surface area contributed by atoms with E-state index in [1.54, 1.807) is 6.92 Å². The molecule has 1 atom stereocenters. The van der Waals surface area contributed by atoms with Gasteiger partial charge in [0, 0.05) is 0 Å². The summed E-state index contributed by atoms with van der Waals surface area (Å²) in [6.45, 7) is 3.08. The van der Waals surface area contributed by atoms with E-state index in [0.717, 1.165) is 12.1 Å². The number of carbonyl (C=O) groups is 1. The summed E-state index contributed by atoms with van der Waals surface area (Å²) in [6.07, 6.45) is -4.49. The summed E-state index contributed by atoms with van der Waals surface area (Å²) in [5.41, 5.74) is 5.03. The Bertz CT molecular complexity index is 1130. The highest BCUT2D eigenvalue weighted by Crippen LogP contribution is 2.40. The molecule has 0 saturated heterocycles. The molecule has 3 rings (SSSR count). The van der Waals surface area contributed by atoms with Gasteiger partial charge >= 0.3 is 12.1 Å². The topological polar surface area (TPSA) is 108 Å². The van der Waals surface area contributed by atoms with E-state index in [2.05, 4.69) is 0 Å². The molecule has 1 aromatic carbocycles. The zero-order valence-corrected chi connectivity index (χ0v) is 17.2. The molecular weight excluding hydrogens is 429 g/mol. The van der Waals surface area contributed by atoms with Crippen LogP contribution in [0, 0.1) is 11.3 Å². The fourth-order valence-corrected chi connectivity index (χ4v) is 3.18. The van der Waals surface area contributed by atoms with Crippen LogP contribution in [-0.4, -0.2) is 12.6 Å². The molecule has 1 aromatic heterocycles. The van der Waals surface area contributed by atoms with Gasteiger partial charge in [-0.05, 0) is 44.2 Å². The van der Waals surface area contributed by atoms with Gasteiger partial charge in [0.05, 0.1) is 23.7 Å². The number of carbonyl (C=O) groups excluding carboxylic acids is 1. The summed E-state index contributed by atoms with van der Waals surface area (Å²) in [4.78, 5) is 12.5. The van der Waals surface area contributed by atoms with Crippen LogP contribution in [-0.2, 0) is 27.1 Å². The molecule has 7 nitrogen and oxygen atoms in total. The van der Waals surface area contributed by atoms with Crippen molar-refractivity contribution in [1.82, 2.24) is 0 Å². The van der Waals surface area contributed by atoms with Crippen LogP contribution in [0.5, 0.6) is 5.75 Å². The van der Waals surface area contributed by atoms with Crippen molar-refractivity contribution < 1.29 is 36.6 Å². The predicted octanol–water partition coefficient (Wildman–Crippen LogP) is 4.52. The fourth-order valence-electron chi connectivity index (χ4n) is 3.18. The minimum atomic E-state index is -4.49. The van der Waals surface area contributed by atoms with E-state index >= 15 is 0 Å². The molecule has 2 heterocycles. The molecule has 168 valence electrons. The molecule has 0 spiro atoms. The number of esters is 1. The lowest BCUT2D eigenvalue weighted by molar-refractivity contribution is -0.139. The number of hydrogen-bond acceptors (Lipinski definition) is 7. The normalized spacial score (nSPS) is 16.4. The lowest BCUT2D eigenvalue weighted by atomic mass is 9.87. The first-order valence-electron chi connectivity index (χ1n) is 9.49. The first-order chi connectivity index (χ1) is 15.2. The van der Waals surface area contributed by atoms with Crippen molar-refractivity contribution in [3.63, 3.8) is 0 Å². The maximum absolute atomic E-state index is 12.9. The van der Waals surface area contributed by atoms with Gasteiger partial charge in [-0.1, -0.05) is 6.07 Å². The Labute approximate surface area is 181 Å². The van der Waals surface area contributed by atoms with E-state index in [1.165, 1.54) is 31.2 Å². The van der Waals surface area contributed by atoms with Gasteiger partial charge in [-0.25, -0.2) is 4.79 Å². The number of rotatable bonds is 6. The number of nitrogens with zero attached hydrogens (tertiary/aromatic N) is 1. The Morgan fingerprint density at radius 2 is 2.03 bits per heavy atom. The zero-order chi connectivity index (χ0) is 23.5. The smallest absolute Gasteiger partial charge is 0.416 e. The van der Waals surface area contributed by atoms with Crippen LogP contribution in [0.2, 0.25) is 0 Å². The molecular formula is C22H19F3N2O5. The molecule has 10 heteroatoms. The monoisotopic (exact) mass is 448 g/mol. The predicted molar refractivity (Wildman–Crippen MR) is 104 cm³/mol. The van der Waals surface area contributed by atoms with Gasteiger partial charge in [0.15, 0.2) is 0 Å². The van der Waals surface area contributed by atoms with E-state index in [9.17, 15) is 23.2 Å². The van der Waals surface area contributed by atoms with Crippen molar-refractivity contribution in [1.29, 1.82) is 5.26 Å². The highest BCUT2D eigenvalue weighted by Gasteiger charge is 2.38. The van der Waals surface area contributed by atoms with Gasteiger partial charge in [0.1, 0.15) is 41.3 Å². The molecule has 0 aliphatic carbocycles. The largest absolute Gasteiger partial charge is 0.486 e. The molecule has 0 bridgehead atoms. The Morgan fingerprint density at radius 1 is 1.28 bits per heavy atom. The number of nitrogens with two attached hydrogens (primary N) is 1. The van der Waals surface area contributed by atoms with Crippen LogP contribution in [0.4, 0.5) is 13.2 Å². The lowest BCUT2D eigenvalue weighted by Gasteiger charge is -2.25. The quantitative estimate of drug-likeness (QED) is 0.647. The second kappa shape index (κ2) is 9.09. The highest BCUT2D eigenvalue weighted by atomic mass is 19.4. The third kappa shape index (κ3) is 4.72. The number of hydrogen-bond donors (Lipinski definition) is 1. The van der Waals surface area contributed by atoms with Gasteiger partial charge in [-0.2, -0.15) is 18.4 Å². The molecule has 0 amide bonds. The number of nitriles is 1. The van der Waals surface area contributed by atoms with Gasteiger partial charge in [-0.15, -0.1) is 0 Å². The van der Waals surface area contributed by atoms with Crippen LogP contribution in [0.15, 0.2) is 63.6 Å². The van der Waals surface area contributed by atoms with Gasteiger partial charge in [0.2, 0.25) is 5.88 Å². The molecule has 2 N–H and O–H groups in total. The summed E-state index contributed by atoms with van der Waals surface area (Å²) in [7, 11) is 0. The minimum absolute atomic E-state index is 0.00801. The molecule has 1 aliphatic rings. The molecule has 0 fully saturated rings. The maximum Gasteiger partial charge on any atom is 0.416 e. The average molecular weight is 448 g/mol. The number of alkyl halides is 3. The molecule has 0 unspecified atom stereocenters. The second-order valence-electron chi connectivity index (χ2n) is 6.73. The Morgan fingerprint density at radius 3 is 2.69 bits per heavy atom. The van der Waals surface area contributed by atoms with Crippen molar-refractivity contribution in [2.75, 3.05) is 6.61 Å². The first kappa shape index (κ1) is 22.8. The zero-order valence-electron chi connectivity index (χ0n) is 17.2. The van der Waals surface area contributed by atoms with Crippen molar-refractivity contribution in [2.24, 2.45) is 5.73 Å². The van der Waals surface area contributed by atoms with Crippen LogP contribution in [0.3, 0.4) is 0 Å². The fraction of sp³-hybridized carbons (Fsp3) is 0.273. The average Bonchev–Trinajstić information content (AvgIpc) is 3.20. The van der Waals surface area contributed by atoms with Gasteiger partial charge in [-0.3, -0.25) is 0 Å². The third-order valence-corrected chi connectivity index (χ3v) is 4.61. The summed E-state index contributed by atoms with van der Waals surface area (Å²) < 4.78 is 60.1. The van der Waals surface area contributed by atoms with E-state index in [0.29, 0.717) is 0 Å². The Hall–Kier alpha value is -3.87. The molecule has 2 aromatic rings. The van der Waals surface area contributed by atoms with Crippen LogP contribution >= 0.6 is 0 Å². The Balaban J connectivity index is 1.86. The van der Waals surface area contributed by atoms with E-state index < -0.39 is 23.6 Å². The molecule has 1 aliphatic heterocycles. The summed E-state index contributed by atoms with van der Waals surface area (Å²) in [6, 6.07) is 9.43. The molecule has 0 radical (unpaired) electrons. The number of halogens is 3. The molecule has 32 heavy (non-hydrogen) atoms. The number of furan rings is 1. The summed E-state index contributed by atoms with van der Waals surface area (Å²) >= 11 is 0. The van der Waals surface area contributed by atoms with Crippen molar-refractivity contribution in [2.45, 2.75) is 32.5 Å². The van der Waals surface area contributed by atoms with E-state index in [-0.39, 0.29) is 53.3 Å². The summed E-state index contributed by atoms with van der Waals surface area (Å²) in [5.74, 6) is -1.17.